The average Bonchev–Trinajstić information content (AvgIpc) is 3.29. The number of anilines is 2. The van der Waals surface area contributed by atoms with E-state index < -0.39 is 30.3 Å². The van der Waals surface area contributed by atoms with Gasteiger partial charge in [0.2, 0.25) is 5.95 Å². The molecule has 1 fully saturated rings. The second-order valence-electron chi connectivity index (χ2n) is 10.7. The van der Waals surface area contributed by atoms with Crippen LogP contribution < -0.4 is 5.32 Å². The number of fused-ring (bicyclic) bond motifs is 1. The Morgan fingerprint density at radius 2 is 1.69 bits per heavy atom. The first-order chi connectivity index (χ1) is 19.9. The van der Waals surface area contributed by atoms with Crippen LogP contribution in [0, 0.1) is 18.6 Å². The van der Waals surface area contributed by atoms with E-state index in [9.17, 15) is 17.6 Å². The van der Waals surface area contributed by atoms with E-state index in [-0.39, 0.29) is 34.6 Å². The first-order valence-corrected chi connectivity index (χ1v) is 13.9. The molecule has 1 aromatic carbocycles. The summed E-state index contributed by atoms with van der Waals surface area (Å²) in [7, 11) is 0. The third kappa shape index (κ3) is 6.36. The number of pyridine rings is 1. The molecule has 0 radical (unpaired) electrons. The van der Waals surface area contributed by atoms with Crippen molar-refractivity contribution in [2.75, 3.05) is 38.0 Å². The zero-order valence-electron chi connectivity index (χ0n) is 23.9. The van der Waals surface area contributed by atoms with Gasteiger partial charge in [0.05, 0.1) is 18.1 Å². The minimum atomic E-state index is -4.34. The minimum Gasteiger partial charge on any atom is -0.326 e. The number of benzene rings is 1. The van der Waals surface area contributed by atoms with Crippen molar-refractivity contribution in [1.82, 2.24) is 34.3 Å². The fourth-order valence-corrected chi connectivity index (χ4v) is 5.55. The number of halogens is 5. The first kappa shape index (κ1) is 29.8. The number of aryl methyl sites for hydroxylation is 1. The number of hydrogen-bond donors (Lipinski definition) is 1. The molecule has 42 heavy (non-hydrogen) atoms. The van der Waals surface area contributed by atoms with Crippen molar-refractivity contribution in [1.29, 1.82) is 0 Å². The van der Waals surface area contributed by atoms with Crippen molar-refractivity contribution in [3.63, 3.8) is 0 Å². The average molecular weight is 589 g/mol. The second-order valence-corrected chi connectivity index (χ2v) is 10.7. The lowest BCUT2D eigenvalue weighted by atomic mass is 10.0. The zero-order chi connectivity index (χ0) is 30.2. The molecule has 13 heteroatoms. The Hall–Kier alpha value is -3.71. The van der Waals surface area contributed by atoms with Crippen molar-refractivity contribution in [2.45, 2.75) is 52.4 Å². The molecule has 4 aromatic rings. The summed E-state index contributed by atoms with van der Waals surface area (Å²) in [4.78, 5) is 20.9. The number of nitrogens with zero attached hydrogens (tertiary/aromatic N) is 7. The van der Waals surface area contributed by atoms with Crippen molar-refractivity contribution in [2.24, 2.45) is 0 Å². The predicted octanol–water partition coefficient (Wildman–Crippen LogP) is 6.43. The van der Waals surface area contributed by atoms with Gasteiger partial charge in [0, 0.05) is 50.0 Å². The van der Waals surface area contributed by atoms with Crippen molar-refractivity contribution in [3.8, 4) is 11.3 Å². The Morgan fingerprint density at radius 1 is 0.952 bits per heavy atom. The third-order valence-corrected chi connectivity index (χ3v) is 7.59. The SMILES string of the molecule is CCN1CCN(C(CC(F)(F)F)c2ccc(Nc3ncc(F)c(-c4cc(F)c5nc(C)n(C(C)C)c5c4)n3)nc2)CC1. The molecule has 4 heterocycles. The molecule has 5 rings (SSSR count). The summed E-state index contributed by atoms with van der Waals surface area (Å²) in [5.74, 6) is -0.430. The molecule has 1 aliphatic heterocycles. The van der Waals surface area contributed by atoms with Crippen LogP contribution >= 0.6 is 0 Å². The van der Waals surface area contributed by atoms with Gasteiger partial charge in [0.15, 0.2) is 11.6 Å². The topological polar surface area (TPSA) is 75.0 Å². The number of rotatable bonds is 8. The second kappa shape index (κ2) is 11.9. The summed E-state index contributed by atoms with van der Waals surface area (Å²) < 4.78 is 72.2. The van der Waals surface area contributed by atoms with Crippen LogP contribution in [0.5, 0.6) is 0 Å². The molecule has 1 unspecified atom stereocenters. The van der Waals surface area contributed by atoms with Crippen LogP contribution in [0.4, 0.5) is 33.7 Å². The molecule has 0 spiro atoms. The summed E-state index contributed by atoms with van der Waals surface area (Å²) in [5.41, 5.74) is 1.26. The number of imidazole rings is 1. The molecule has 1 atom stereocenters. The molecule has 0 bridgehead atoms. The van der Waals surface area contributed by atoms with E-state index in [0.29, 0.717) is 43.1 Å². The molecular weight excluding hydrogens is 555 g/mol. The van der Waals surface area contributed by atoms with E-state index in [4.69, 9.17) is 0 Å². The van der Waals surface area contributed by atoms with Gasteiger partial charge in [-0.2, -0.15) is 13.2 Å². The zero-order valence-corrected chi connectivity index (χ0v) is 23.9. The molecule has 1 aliphatic rings. The van der Waals surface area contributed by atoms with Gasteiger partial charge in [-0.15, -0.1) is 0 Å². The predicted molar refractivity (Wildman–Crippen MR) is 150 cm³/mol. The van der Waals surface area contributed by atoms with E-state index in [1.807, 2.05) is 30.2 Å². The quantitative estimate of drug-likeness (QED) is 0.238. The molecule has 1 saturated heterocycles. The standard InChI is InChI=1S/C29H33F5N8/c1-5-40-8-10-41(11-9-40)24(14-29(32,33)34)19-6-7-25(35-15-19)38-28-36-16-22(31)26(39-28)20-12-21(30)27-23(13-20)42(17(2)3)18(4)37-27/h6-7,12-13,15-17,24H,5,8-11,14H2,1-4H3,(H,35,36,38,39). The van der Waals surface area contributed by atoms with E-state index in [0.717, 1.165) is 12.7 Å². The maximum Gasteiger partial charge on any atom is 0.390 e. The van der Waals surface area contributed by atoms with E-state index >= 15 is 4.39 Å². The van der Waals surface area contributed by atoms with E-state index in [1.54, 1.807) is 25.1 Å². The molecule has 1 N–H and O–H groups in total. The van der Waals surface area contributed by atoms with Gasteiger partial charge in [0.1, 0.15) is 22.9 Å². The van der Waals surface area contributed by atoms with Crippen molar-refractivity contribution >= 4 is 22.8 Å². The lowest BCUT2D eigenvalue weighted by Gasteiger charge is -2.39. The van der Waals surface area contributed by atoms with Gasteiger partial charge in [-0.05, 0) is 51.1 Å². The number of piperazine rings is 1. The lowest BCUT2D eigenvalue weighted by molar-refractivity contribution is -0.149. The molecule has 8 nitrogen and oxygen atoms in total. The fourth-order valence-electron chi connectivity index (χ4n) is 5.55. The molecule has 3 aromatic heterocycles. The van der Waals surface area contributed by atoms with Crippen LogP contribution in [0.25, 0.3) is 22.3 Å². The Morgan fingerprint density at radius 3 is 2.31 bits per heavy atom. The molecule has 0 aliphatic carbocycles. The smallest absolute Gasteiger partial charge is 0.326 e. The van der Waals surface area contributed by atoms with Crippen molar-refractivity contribution < 1.29 is 22.0 Å². The summed E-state index contributed by atoms with van der Waals surface area (Å²) in [6, 6.07) is 5.11. The van der Waals surface area contributed by atoms with Gasteiger partial charge in [-0.25, -0.2) is 28.7 Å². The molecule has 0 amide bonds. The highest BCUT2D eigenvalue weighted by molar-refractivity contribution is 5.83. The van der Waals surface area contributed by atoms with Crippen LogP contribution in [0.1, 0.15) is 50.7 Å². The maximum atomic E-state index is 15.0. The van der Waals surface area contributed by atoms with E-state index in [1.165, 1.54) is 12.3 Å². The molecular formula is C29H33F5N8. The summed E-state index contributed by atoms with van der Waals surface area (Å²) >= 11 is 0. The highest BCUT2D eigenvalue weighted by Gasteiger charge is 2.36. The fraction of sp³-hybridized carbons (Fsp3) is 0.448. The normalized spacial score (nSPS) is 16.0. The Kier molecular flexibility index (Phi) is 8.42. The largest absolute Gasteiger partial charge is 0.390 e. The number of aromatic nitrogens is 5. The van der Waals surface area contributed by atoms with Gasteiger partial charge in [-0.1, -0.05) is 13.0 Å². The van der Waals surface area contributed by atoms with Crippen LogP contribution in [-0.2, 0) is 0 Å². The number of likely N-dealkylation sites (N-methyl/N-ethyl adjacent to an activating group) is 1. The number of nitrogens with one attached hydrogen (secondary N) is 1. The first-order valence-electron chi connectivity index (χ1n) is 13.9. The number of hydrogen-bond acceptors (Lipinski definition) is 7. The van der Waals surface area contributed by atoms with Crippen LogP contribution in [0.2, 0.25) is 0 Å². The minimum absolute atomic E-state index is 0.00264. The summed E-state index contributed by atoms with van der Waals surface area (Å²) in [6.07, 6.45) is -2.93. The van der Waals surface area contributed by atoms with Gasteiger partial charge in [0.25, 0.3) is 0 Å². The number of alkyl halides is 3. The third-order valence-electron chi connectivity index (χ3n) is 7.59. The maximum absolute atomic E-state index is 15.0. The van der Waals surface area contributed by atoms with Gasteiger partial charge >= 0.3 is 6.18 Å². The Balaban J connectivity index is 1.39. The monoisotopic (exact) mass is 588 g/mol. The van der Waals surface area contributed by atoms with Crippen LogP contribution in [-0.4, -0.2) is 73.2 Å². The highest BCUT2D eigenvalue weighted by atomic mass is 19.4. The molecule has 0 saturated carbocycles. The van der Waals surface area contributed by atoms with Gasteiger partial charge in [-0.3, -0.25) is 4.90 Å². The summed E-state index contributed by atoms with van der Waals surface area (Å²) in [6.45, 7) is 11.0. The molecule has 224 valence electrons. The summed E-state index contributed by atoms with van der Waals surface area (Å²) in [5, 5.41) is 2.88. The van der Waals surface area contributed by atoms with Crippen LogP contribution in [0.15, 0.2) is 36.7 Å². The Bertz CT molecular complexity index is 1540. The van der Waals surface area contributed by atoms with Crippen LogP contribution in [0.3, 0.4) is 0 Å². The Labute approximate surface area is 240 Å². The van der Waals surface area contributed by atoms with Gasteiger partial charge < -0.3 is 14.8 Å². The van der Waals surface area contributed by atoms with E-state index in [2.05, 4.69) is 30.2 Å². The van der Waals surface area contributed by atoms with Crippen molar-refractivity contribution in [3.05, 3.63) is 59.7 Å². The highest BCUT2D eigenvalue weighted by Crippen LogP contribution is 2.35. The lowest BCUT2D eigenvalue weighted by Crippen LogP contribution is -2.48.